The first-order valence-electron chi connectivity index (χ1n) is 6.65. The number of fused-ring (bicyclic) bond motifs is 1. The number of aromatic nitrogens is 1. The van der Waals surface area contributed by atoms with Crippen LogP contribution in [0.15, 0.2) is 10.6 Å². The van der Waals surface area contributed by atoms with Crippen LogP contribution in [0.25, 0.3) is 0 Å². The molecule has 2 saturated heterocycles. The second kappa shape index (κ2) is 4.42. The van der Waals surface area contributed by atoms with Crippen LogP contribution in [0, 0.1) is 18.8 Å². The Kier molecular flexibility index (Phi) is 2.92. The van der Waals surface area contributed by atoms with Gasteiger partial charge < -0.3 is 9.84 Å². The highest BCUT2D eigenvalue weighted by Gasteiger charge is 2.43. The summed E-state index contributed by atoms with van der Waals surface area (Å²) in [5.74, 6) is 2.68. The molecule has 2 fully saturated rings. The maximum Gasteiger partial charge on any atom is 0.150 e. The van der Waals surface area contributed by atoms with Gasteiger partial charge in [0.15, 0.2) is 5.76 Å². The van der Waals surface area contributed by atoms with Crippen LogP contribution in [0.3, 0.4) is 0 Å². The summed E-state index contributed by atoms with van der Waals surface area (Å²) < 4.78 is 5.33. The van der Waals surface area contributed by atoms with Gasteiger partial charge in [-0.3, -0.25) is 4.90 Å². The summed E-state index contributed by atoms with van der Waals surface area (Å²) in [5, 5.41) is 7.48. The molecule has 94 valence electrons. The third-order valence-electron chi connectivity index (χ3n) is 4.28. The third-order valence-corrected chi connectivity index (χ3v) is 4.28. The fourth-order valence-electron chi connectivity index (χ4n) is 3.54. The van der Waals surface area contributed by atoms with Gasteiger partial charge in [0, 0.05) is 18.7 Å². The molecule has 3 unspecified atom stereocenters. The van der Waals surface area contributed by atoms with E-state index in [1.807, 2.05) is 6.92 Å². The van der Waals surface area contributed by atoms with Gasteiger partial charge in [-0.1, -0.05) is 12.1 Å². The minimum Gasteiger partial charge on any atom is -0.360 e. The van der Waals surface area contributed by atoms with Crippen LogP contribution in [0.4, 0.5) is 0 Å². The Labute approximate surface area is 102 Å². The van der Waals surface area contributed by atoms with Gasteiger partial charge in [-0.25, -0.2) is 0 Å². The fourth-order valence-corrected chi connectivity index (χ4v) is 3.54. The summed E-state index contributed by atoms with van der Waals surface area (Å²) in [6.07, 6.45) is 1.23. The number of nitrogens with zero attached hydrogens (tertiary/aromatic N) is 2. The summed E-state index contributed by atoms with van der Waals surface area (Å²) in [6, 6.07) is 2.76. The smallest absolute Gasteiger partial charge is 0.150 e. The Hall–Kier alpha value is -0.870. The molecule has 0 aliphatic carbocycles. The summed E-state index contributed by atoms with van der Waals surface area (Å²) in [7, 11) is 0. The van der Waals surface area contributed by atoms with E-state index in [0.717, 1.165) is 29.8 Å². The van der Waals surface area contributed by atoms with Gasteiger partial charge in [-0.15, -0.1) is 0 Å². The highest BCUT2D eigenvalue weighted by molar-refractivity contribution is 5.05. The lowest BCUT2D eigenvalue weighted by molar-refractivity contribution is 0.188. The summed E-state index contributed by atoms with van der Waals surface area (Å²) in [4.78, 5) is 2.58. The van der Waals surface area contributed by atoms with E-state index >= 15 is 0 Å². The van der Waals surface area contributed by atoms with Crippen molar-refractivity contribution in [2.45, 2.75) is 32.9 Å². The van der Waals surface area contributed by atoms with E-state index in [1.165, 1.54) is 26.1 Å². The Morgan fingerprint density at radius 1 is 1.53 bits per heavy atom. The molecule has 1 aromatic heterocycles. The molecule has 0 amide bonds. The van der Waals surface area contributed by atoms with Crippen molar-refractivity contribution in [3.8, 4) is 0 Å². The number of likely N-dealkylation sites (tertiary alicyclic amines) is 1. The van der Waals surface area contributed by atoms with E-state index in [9.17, 15) is 0 Å². The molecule has 1 aromatic rings. The van der Waals surface area contributed by atoms with Gasteiger partial charge in [-0.2, -0.15) is 0 Å². The van der Waals surface area contributed by atoms with Crippen LogP contribution in [0.2, 0.25) is 0 Å². The van der Waals surface area contributed by atoms with E-state index in [0.29, 0.717) is 6.04 Å². The largest absolute Gasteiger partial charge is 0.360 e. The van der Waals surface area contributed by atoms with Crippen LogP contribution in [0.1, 0.15) is 24.8 Å². The normalized spacial score (nSPS) is 33.2. The molecule has 0 radical (unpaired) electrons. The molecule has 0 aromatic carbocycles. The molecule has 17 heavy (non-hydrogen) atoms. The van der Waals surface area contributed by atoms with E-state index in [4.69, 9.17) is 4.52 Å². The molecular weight excluding hydrogens is 214 g/mol. The molecule has 0 bridgehead atoms. The fraction of sp³-hybridized carbons (Fsp3) is 0.769. The minimum atomic E-state index is 0.709. The second-order valence-electron chi connectivity index (χ2n) is 5.42. The zero-order valence-corrected chi connectivity index (χ0v) is 10.6. The van der Waals surface area contributed by atoms with Crippen LogP contribution in [-0.2, 0) is 6.54 Å². The minimum absolute atomic E-state index is 0.709. The van der Waals surface area contributed by atoms with Crippen molar-refractivity contribution in [2.75, 3.05) is 19.6 Å². The predicted octanol–water partition coefficient (Wildman–Crippen LogP) is 1.41. The van der Waals surface area contributed by atoms with Crippen molar-refractivity contribution in [1.29, 1.82) is 0 Å². The first-order chi connectivity index (χ1) is 8.28. The van der Waals surface area contributed by atoms with Crippen molar-refractivity contribution in [3.63, 3.8) is 0 Å². The lowest BCUT2D eigenvalue weighted by Crippen LogP contribution is -2.34. The van der Waals surface area contributed by atoms with Crippen molar-refractivity contribution >= 4 is 0 Å². The average molecular weight is 235 g/mol. The van der Waals surface area contributed by atoms with Crippen molar-refractivity contribution in [3.05, 3.63) is 17.5 Å². The van der Waals surface area contributed by atoms with Crippen molar-refractivity contribution in [2.24, 2.45) is 11.8 Å². The quantitative estimate of drug-likeness (QED) is 0.860. The van der Waals surface area contributed by atoms with Gasteiger partial charge in [-0.05, 0) is 38.3 Å². The maximum absolute atomic E-state index is 5.33. The van der Waals surface area contributed by atoms with Gasteiger partial charge in [0.05, 0.1) is 12.2 Å². The molecule has 4 nitrogen and oxygen atoms in total. The first-order valence-corrected chi connectivity index (χ1v) is 6.65. The highest BCUT2D eigenvalue weighted by Crippen LogP contribution is 2.35. The van der Waals surface area contributed by atoms with Crippen LogP contribution >= 0.6 is 0 Å². The zero-order valence-electron chi connectivity index (χ0n) is 10.6. The number of hydrogen-bond acceptors (Lipinski definition) is 4. The maximum atomic E-state index is 5.33. The first kappa shape index (κ1) is 11.2. The molecule has 2 aliphatic rings. The molecule has 2 aliphatic heterocycles. The Bertz CT molecular complexity index is 390. The molecule has 3 rings (SSSR count). The lowest BCUT2D eigenvalue weighted by Gasteiger charge is -2.25. The summed E-state index contributed by atoms with van der Waals surface area (Å²) >= 11 is 0. The standard InChI is InChI=1S/C13H21N3O/c1-3-13-12-6-14-5-10(12)7-16(13)8-11-4-9(2)15-17-11/h4,10,12-14H,3,5-8H2,1-2H3. The van der Waals surface area contributed by atoms with Gasteiger partial charge >= 0.3 is 0 Å². The number of aryl methyl sites for hydroxylation is 1. The SMILES string of the molecule is CCC1C2CNCC2CN1Cc1cc(C)no1. The van der Waals surface area contributed by atoms with E-state index in [2.05, 4.69) is 28.4 Å². The van der Waals surface area contributed by atoms with Crippen LogP contribution in [0.5, 0.6) is 0 Å². The lowest BCUT2D eigenvalue weighted by atomic mass is 9.93. The Morgan fingerprint density at radius 2 is 2.41 bits per heavy atom. The van der Waals surface area contributed by atoms with Gasteiger partial charge in [0.1, 0.15) is 0 Å². The average Bonchev–Trinajstić information content (AvgIpc) is 2.95. The van der Waals surface area contributed by atoms with Gasteiger partial charge in [0.25, 0.3) is 0 Å². The molecule has 3 atom stereocenters. The predicted molar refractivity (Wildman–Crippen MR) is 65.6 cm³/mol. The highest BCUT2D eigenvalue weighted by atomic mass is 16.5. The Balaban J connectivity index is 1.71. The number of rotatable bonds is 3. The Morgan fingerprint density at radius 3 is 3.12 bits per heavy atom. The van der Waals surface area contributed by atoms with E-state index in [1.54, 1.807) is 0 Å². The topological polar surface area (TPSA) is 41.3 Å². The molecule has 1 N–H and O–H groups in total. The molecule has 3 heterocycles. The third kappa shape index (κ3) is 2.00. The number of nitrogens with one attached hydrogen (secondary N) is 1. The summed E-state index contributed by atoms with van der Waals surface area (Å²) in [6.45, 7) is 8.78. The molecule has 4 heteroatoms. The van der Waals surface area contributed by atoms with Crippen LogP contribution < -0.4 is 5.32 Å². The molecule has 0 spiro atoms. The van der Waals surface area contributed by atoms with Crippen molar-refractivity contribution < 1.29 is 4.52 Å². The van der Waals surface area contributed by atoms with Crippen molar-refractivity contribution in [1.82, 2.24) is 15.4 Å². The number of hydrogen-bond donors (Lipinski definition) is 1. The monoisotopic (exact) mass is 235 g/mol. The second-order valence-corrected chi connectivity index (χ2v) is 5.42. The zero-order chi connectivity index (χ0) is 11.8. The van der Waals surface area contributed by atoms with E-state index in [-0.39, 0.29) is 0 Å². The summed E-state index contributed by atoms with van der Waals surface area (Å²) in [5.41, 5.74) is 0.981. The van der Waals surface area contributed by atoms with Gasteiger partial charge in [0.2, 0.25) is 0 Å². The molecular formula is C13H21N3O. The van der Waals surface area contributed by atoms with E-state index < -0.39 is 0 Å². The van der Waals surface area contributed by atoms with Crippen LogP contribution in [-0.4, -0.2) is 35.7 Å². The molecule has 0 saturated carbocycles.